The SMILES string of the molecule is CC(=O)Nc1ccc(NCCC(=O)NCCc2cccc(Cl)c2)cc1. The molecule has 2 rings (SSSR count). The van der Waals surface area contributed by atoms with Crippen molar-refractivity contribution in [1.29, 1.82) is 0 Å². The summed E-state index contributed by atoms with van der Waals surface area (Å²) in [5.41, 5.74) is 2.75. The van der Waals surface area contributed by atoms with E-state index < -0.39 is 0 Å². The lowest BCUT2D eigenvalue weighted by Crippen LogP contribution is -2.27. The van der Waals surface area contributed by atoms with Crippen LogP contribution in [0, 0.1) is 0 Å². The lowest BCUT2D eigenvalue weighted by Gasteiger charge is -2.09. The molecule has 0 aliphatic carbocycles. The Bertz CT molecular complexity index is 717. The Balaban J connectivity index is 1.64. The van der Waals surface area contributed by atoms with E-state index in [4.69, 9.17) is 11.6 Å². The number of hydrogen-bond donors (Lipinski definition) is 3. The van der Waals surface area contributed by atoms with Gasteiger partial charge in [-0.3, -0.25) is 9.59 Å². The minimum Gasteiger partial charge on any atom is -0.385 e. The lowest BCUT2D eigenvalue weighted by molar-refractivity contribution is -0.120. The van der Waals surface area contributed by atoms with Crippen molar-refractivity contribution in [2.24, 2.45) is 0 Å². The minimum absolute atomic E-state index is 0.00407. The molecule has 0 saturated carbocycles. The summed E-state index contributed by atoms with van der Waals surface area (Å²) in [4.78, 5) is 22.8. The van der Waals surface area contributed by atoms with E-state index in [2.05, 4.69) is 16.0 Å². The molecule has 0 atom stereocenters. The number of amides is 2. The van der Waals surface area contributed by atoms with Crippen molar-refractivity contribution in [1.82, 2.24) is 5.32 Å². The fourth-order valence-corrected chi connectivity index (χ4v) is 2.54. The van der Waals surface area contributed by atoms with Crippen LogP contribution in [0.5, 0.6) is 0 Å². The molecule has 0 unspecified atom stereocenters. The molecule has 3 N–H and O–H groups in total. The molecule has 25 heavy (non-hydrogen) atoms. The van der Waals surface area contributed by atoms with E-state index in [-0.39, 0.29) is 11.8 Å². The molecule has 5 nitrogen and oxygen atoms in total. The van der Waals surface area contributed by atoms with Gasteiger partial charge in [0.05, 0.1) is 0 Å². The Hall–Kier alpha value is -2.53. The third-order valence-corrected chi connectivity index (χ3v) is 3.75. The highest BCUT2D eigenvalue weighted by molar-refractivity contribution is 6.30. The van der Waals surface area contributed by atoms with Crippen molar-refractivity contribution < 1.29 is 9.59 Å². The van der Waals surface area contributed by atoms with Crippen LogP contribution >= 0.6 is 11.6 Å². The highest BCUT2D eigenvalue weighted by atomic mass is 35.5. The van der Waals surface area contributed by atoms with Gasteiger partial charge in [0.1, 0.15) is 0 Å². The molecule has 2 amide bonds. The van der Waals surface area contributed by atoms with E-state index in [0.29, 0.717) is 24.5 Å². The van der Waals surface area contributed by atoms with E-state index in [1.165, 1.54) is 6.92 Å². The van der Waals surface area contributed by atoms with E-state index in [0.717, 1.165) is 23.4 Å². The second kappa shape index (κ2) is 9.69. The molecular formula is C19H22ClN3O2. The van der Waals surface area contributed by atoms with Crippen molar-refractivity contribution in [2.75, 3.05) is 23.7 Å². The first-order chi connectivity index (χ1) is 12.0. The van der Waals surface area contributed by atoms with Crippen molar-refractivity contribution in [3.63, 3.8) is 0 Å². The monoisotopic (exact) mass is 359 g/mol. The van der Waals surface area contributed by atoms with Gasteiger partial charge in [0.15, 0.2) is 0 Å². The predicted octanol–water partition coefficient (Wildman–Crippen LogP) is 3.46. The van der Waals surface area contributed by atoms with Gasteiger partial charge >= 0.3 is 0 Å². The molecule has 0 aliphatic rings. The average molecular weight is 360 g/mol. The van der Waals surface area contributed by atoms with Crippen LogP contribution in [0.4, 0.5) is 11.4 Å². The van der Waals surface area contributed by atoms with E-state index in [1.54, 1.807) is 0 Å². The molecule has 0 fully saturated rings. The molecular weight excluding hydrogens is 338 g/mol. The van der Waals surface area contributed by atoms with E-state index in [9.17, 15) is 9.59 Å². The first-order valence-electron chi connectivity index (χ1n) is 8.15. The van der Waals surface area contributed by atoms with Crippen LogP contribution in [0.2, 0.25) is 5.02 Å². The maximum Gasteiger partial charge on any atom is 0.221 e. The Morgan fingerprint density at radius 1 is 1.00 bits per heavy atom. The molecule has 2 aromatic rings. The second-order valence-corrected chi connectivity index (χ2v) is 6.10. The molecule has 0 spiro atoms. The van der Waals surface area contributed by atoms with Crippen molar-refractivity contribution >= 4 is 34.8 Å². The zero-order chi connectivity index (χ0) is 18.1. The molecule has 0 bridgehead atoms. The van der Waals surface area contributed by atoms with Gasteiger partial charge in [-0.05, 0) is 48.4 Å². The number of nitrogens with one attached hydrogen (secondary N) is 3. The summed E-state index contributed by atoms with van der Waals surface area (Å²) < 4.78 is 0. The number of halogens is 1. The van der Waals surface area contributed by atoms with E-state index >= 15 is 0 Å². The number of carbonyl (C=O) groups excluding carboxylic acids is 2. The summed E-state index contributed by atoms with van der Waals surface area (Å²) in [7, 11) is 0. The summed E-state index contributed by atoms with van der Waals surface area (Å²) in [6, 6.07) is 15.0. The normalized spacial score (nSPS) is 10.2. The summed E-state index contributed by atoms with van der Waals surface area (Å²) in [6.07, 6.45) is 1.15. The second-order valence-electron chi connectivity index (χ2n) is 5.67. The third kappa shape index (κ3) is 7.27. The molecule has 6 heteroatoms. The van der Waals surface area contributed by atoms with Crippen molar-refractivity contribution in [3.8, 4) is 0 Å². The Kier molecular flexibility index (Phi) is 7.29. The van der Waals surface area contributed by atoms with Crippen LogP contribution < -0.4 is 16.0 Å². The van der Waals surface area contributed by atoms with Crippen LogP contribution in [-0.2, 0) is 16.0 Å². The summed E-state index contributed by atoms with van der Waals surface area (Å²) >= 11 is 5.93. The van der Waals surface area contributed by atoms with Crippen LogP contribution in [0.25, 0.3) is 0 Å². The zero-order valence-corrected chi connectivity index (χ0v) is 14.9. The Morgan fingerprint density at radius 2 is 1.72 bits per heavy atom. The highest BCUT2D eigenvalue weighted by Crippen LogP contribution is 2.13. The number of rotatable bonds is 8. The summed E-state index contributed by atoms with van der Waals surface area (Å²) in [5.74, 6) is -0.0976. The largest absolute Gasteiger partial charge is 0.385 e. The molecule has 0 saturated heterocycles. The quantitative estimate of drug-likeness (QED) is 0.676. The molecule has 0 aromatic heterocycles. The van der Waals surface area contributed by atoms with Gasteiger partial charge < -0.3 is 16.0 Å². The van der Waals surface area contributed by atoms with Gasteiger partial charge in [-0.25, -0.2) is 0 Å². The zero-order valence-electron chi connectivity index (χ0n) is 14.1. The summed E-state index contributed by atoms with van der Waals surface area (Å²) in [6.45, 7) is 2.60. The average Bonchev–Trinajstić information content (AvgIpc) is 2.56. The van der Waals surface area contributed by atoms with Gasteiger partial charge in [-0.15, -0.1) is 0 Å². The fraction of sp³-hybridized carbons (Fsp3) is 0.263. The molecule has 0 aliphatic heterocycles. The first kappa shape index (κ1) is 18.8. The molecule has 132 valence electrons. The van der Waals surface area contributed by atoms with Gasteiger partial charge in [0, 0.05) is 42.8 Å². The first-order valence-corrected chi connectivity index (χ1v) is 8.53. The Labute approximate surface area is 152 Å². The number of benzene rings is 2. The third-order valence-electron chi connectivity index (χ3n) is 3.51. The Morgan fingerprint density at radius 3 is 2.40 bits per heavy atom. The molecule has 2 aromatic carbocycles. The number of carbonyl (C=O) groups is 2. The standard InChI is InChI=1S/C19H22ClN3O2/c1-14(24)23-18-7-5-17(6-8-18)21-12-10-19(25)22-11-9-15-3-2-4-16(20)13-15/h2-8,13,21H,9-12H2,1H3,(H,22,25)(H,23,24). The topological polar surface area (TPSA) is 70.2 Å². The van der Waals surface area contributed by atoms with Crippen molar-refractivity contribution in [2.45, 2.75) is 19.8 Å². The van der Waals surface area contributed by atoms with Gasteiger partial charge in [0.25, 0.3) is 0 Å². The minimum atomic E-state index is -0.102. The van der Waals surface area contributed by atoms with Crippen LogP contribution in [-0.4, -0.2) is 24.9 Å². The van der Waals surface area contributed by atoms with Crippen molar-refractivity contribution in [3.05, 3.63) is 59.1 Å². The summed E-state index contributed by atoms with van der Waals surface area (Å²) in [5, 5.41) is 9.49. The maximum absolute atomic E-state index is 11.8. The molecule has 0 heterocycles. The van der Waals surface area contributed by atoms with Gasteiger partial charge in [0.2, 0.25) is 11.8 Å². The molecule has 0 radical (unpaired) electrons. The lowest BCUT2D eigenvalue weighted by atomic mass is 10.1. The predicted molar refractivity (Wildman–Crippen MR) is 102 cm³/mol. The van der Waals surface area contributed by atoms with Gasteiger partial charge in [-0.2, -0.15) is 0 Å². The smallest absolute Gasteiger partial charge is 0.221 e. The maximum atomic E-state index is 11.8. The van der Waals surface area contributed by atoms with Crippen LogP contribution in [0.3, 0.4) is 0 Å². The fourth-order valence-electron chi connectivity index (χ4n) is 2.32. The van der Waals surface area contributed by atoms with Gasteiger partial charge in [-0.1, -0.05) is 23.7 Å². The van der Waals surface area contributed by atoms with E-state index in [1.807, 2.05) is 48.5 Å². The number of anilines is 2. The van der Waals surface area contributed by atoms with Crippen LogP contribution in [0.15, 0.2) is 48.5 Å². The number of hydrogen-bond acceptors (Lipinski definition) is 3. The highest BCUT2D eigenvalue weighted by Gasteiger charge is 2.02. The van der Waals surface area contributed by atoms with Crippen LogP contribution in [0.1, 0.15) is 18.9 Å².